The van der Waals surface area contributed by atoms with Gasteiger partial charge in [0.1, 0.15) is 5.75 Å². The van der Waals surface area contributed by atoms with E-state index in [1.54, 1.807) is 0 Å². The molecule has 3 heteroatoms. The molecule has 17 heavy (non-hydrogen) atoms. The Morgan fingerprint density at radius 1 is 1.35 bits per heavy atom. The van der Waals surface area contributed by atoms with E-state index in [4.69, 9.17) is 10.5 Å². The molecule has 0 amide bonds. The standard InChI is InChI=1S/C14H23NOS/c1-4-16-12-7-8-13(15)14(10-12)17-9-5-6-11(2)3/h7-8,10-11H,4-6,9,15H2,1-3H3. The van der Waals surface area contributed by atoms with Gasteiger partial charge in [-0.05, 0) is 43.2 Å². The zero-order valence-electron chi connectivity index (χ0n) is 11.0. The molecule has 1 aromatic rings. The van der Waals surface area contributed by atoms with Crippen LogP contribution in [-0.4, -0.2) is 12.4 Å². The zero-order valence-corrected chi connectivity index (χ0v) is 11.8. The highest BCUT2D eigenvalue weighted by molar-refractivity contribution is 7.99. The fraction of sp³-hybridized carbons (Fsp3) is 0.571. The molecule has 0 fully saturated rings. The molecule has 1 aromatic carbocycles. The Hall–Kier alpha value is -0.830. The van der Waals surface area contributed by atoms with E-state index >= 15 is 0 Å². The van der Waals surface area contributed by atoms with Crippen molar-refractivity contribution in [2.24, 2.45) is 5.92 Å². The smallest absolute Gasteiger partial charge is 0.120 e. The quantitative estimate of drug-likeness (QED) is 0.449. The lowest BCUT2D eigenvalue weighted by Crippen LogP contribution is -1.95. The molecule has 0 atom stereocenters. The molecule has 0 bridgehead atoms. The van der Waals surface area contributed by atoms with E-state index in [0.29, 0.717) is 6.61 Å². The van der Waals surface area contributed by atoms with Gasteiger partial charge in [0.05, 0.1) is 6.61 Å². The number of ether oxygens (including phenoxy) is 1. The van der Waals surface area contributed by atoms with Gasteiger partial charge >= 0.3 is 0 Å². The second-order valence-corrected chi connectivity index (χ2v) is 5.65. The Balaban J connectivity index is 2.48. The number of nitrogens with two attached hydrogens (primary N) is 1. The second-order valence-electron chi connectivity index (χ2n) is 4.52. The van der Waals surface area contributed by atoms with Gasteiger partial charge in [0.2, 0.25) is 0 Å². The minimum atomic E-state index is 0.696. The lowest BCUT2D eigenvalue weighted by atomic mass is 10.1. The van der Waals surface area contributed by atoms with Crippen LogP contribution in [0.4, 0.5) is 5.69 Å². The molecule has 0 heterocycles. The van der Waals surface area contributed by atoms with Crippen molar-refractivity contribution in [2.75, 3.05) is 18.1 Å². The monoisotopic (exact) mass is 253 g/mol. The van der Waals surface area contributed by atoms with Gasteiger partial charge in [0.15, 0.2) is 0 Å². The van der Waals surface area contributed by atoms with Gasteiger partial charge in [0.25, 0.3) is 0 Å². The Morgan fingerprint density at radius 2 is 2.12 bits per heavy atom. The summed E-state index contributed by atoms with van der Waals surface area (Å²) in [6, 6.07) is 5.89. The van der Waals surface area contributed by atoms with Gasteiger partial charge < -0.3 is 10.5 Å². The first-order valence-electron chi connectivity index (χ1n) is 6.28. The third kappa shape index (κ3) is 5.35. The molecule has 0 aliphatic heterocycles. The molecule has 2 nitrogen and oxygen atoms in total. The normalized spacial score (nSPS) is 10.8. The number of thioether (sulfide) groups is 1. The first kappa shape index (κ1) is 14.2. The Bertz CT molecular complexity index is 339. The summed E-state index contributed by atoms with van der Waals surface area (Å²) in [6.45, 7) is 7.21. The number of hydrogen-bond donors (Lipinski definition) is 1. The van der Waals surface area contributed by atoms with Crippen LogP contribution in [0.5, 0.6) is 5.75 Å². The van der Waals surface area contributed by atoms with Crippen LogP contribution in [0.3, 0.4) is 0 Å². The van der Waals surface area contributed by atoms with E-state index in [0.717, 1.165) is 28.0 Å². The average Bonchev–Trinajstić information content (AvgIpc) is 2.28. The molecule has 1 rings (SSSR count). The number of hydrogen-bond acceptors (Lipinski definition) is 3. The summed E-state index contributed by atoms with van der Waals surface area (Å²) in [5, 5.41) is 0. The highest BCUT2D eigenvalue weighted by atomic mass is 32.2. The molecule has 0 saturated carbocycles. The maximum Gasteiger partial charge on any atom is 0.120 e. The molecule has 0 aromatic heterocycles. The molecule has 0 unspecified atom stereocenters. The van der Waals surface area contributed by atoms with Crippen LogP contribution < -0.4 is 10.5 Å². The van der Waals surface area contributed by atoms with Crippen molar-refractivity contribution >= 4 is 17.4 Å². The van der Waals surface area contributed by atoms with E-state index in [1.807, 2.05) is 36.9 Å². The molecule has 0 aliphatic rings. The molecular weight excluding hydrogens is 230 g/mol. The topological polar surface area (TPSA) is 35.2 Å². The minimum Gasteiger partial charge on any atom is -0.494 e. The predicted molar refractivity (Wildman–Crippen MR) is 76.8 cm³/mol. The summed E-state index contributed by atoms with van der Waals surface area (Å²) in [5.74, 6) is 2.81. The molecule has 0 spiro atoms. The van der Waals surface area contributed by atoms with E-state index in [2.05, 4.69) is 13.8 Å². The van der Waals surface area contributed by atoms with Crippen molar-refractivity contribution in [3.05, 3.63) is 18.2 Å². The third-order valence-electron chi connectivity index (χ3n) is 2.48. The van der Waals surface area contributed by atoms with Crippen LogP contribution >= 0.6 is 11.8 Å². The summed E-state index contributed by atoms with van der Waals surface area (Å²) in [6.07, 6.45) is 2.51. The van der Waals surface area contributed by atoms with Crippen molar-refractivity contribution in [1.82, 2.24) is 0 Å². The number of anilines is 1. The third-order valence-corrected chi connectivity index (χ3v) is 3.64. The van der Waals surface area contributed by atoms with Gasteiger partial charge in [-0.15, -0.1) is 11.8 Å². The Morgan fingerprint density at radius 3 is 2.76 bits per heavy atom. The van der Waals surface area contributed by atoms with Crippen molar-refractivity contribution in [3.8, 4) is 5.75 Å². The van der Waals surface area contributed by atoms with Crippen LogP contribution in [0.2, 0.25) is 0 Å². The summed E-state index contributed by atoms with van der Waals surface area (Å²) >= 11 is 1.82. The van der Waals surface area contributed by atoms with Crippen LogP contribution in [-0.2, 0) is 0 Å². The number of rotatable bonds is 7. The fourth-order valence-corrected chi connectivity index (χ4v) is 2.53. The average molecular weight is 253 g/mol. The molecule has 2 N–H and O–H groups in total. The first-order chi connectivity index (χ1) is 8.13. The minimum absolute atomic E-state index is 0.696. The largest absolute Gasteiger partial charge is 0.494 e. The SMILES string of the molecule is CCOc1ccc(N)c(SCCCC(C)C)c1. The summed E-state index contributed by atoms with van der Waals surface area (Å²) in [5.41, 5.74) is 6.80. The number of benzene rings is 1. The maximum atomic E-state index is 5.95. The molecule has 0 saturated heterocycles. The van der Waals surface area contributed by atoms with Gasteiger partial charge in [-0.25, -0.2) is 0 Å². The van der Waals surface area contributed by atoms with Gasteiger partial charge in [0, 0.05) is 10.6 Å². The van der Waals surface area contributed by atoms with Gasteiger partial charge in [-0.2, -0.15) is 0 Å². The van der Waals surface area contributed by atoms with Crippen molar-refractivity contribution in [1.29, 1.82) is 0 Å². The van der Waals surface area contributed by atoms with Gasteiger partial charge in [-0.3, -0.25) is 0 Å². The van der Waals surface area contributed by atoms with E-state index < -0.39 is 0 Å². The highest BCUT2D eigenvalue weighted by Gasteiger charge is 2.03. The number of nitrogen functional groups attached to an aromatic ring is 1. The van der Waals surface area contributed by atoms with Crippen molar-refractivity contribution in [3.63, 3.8) is 0 Å². The lowest BCUT2D eigenvalue weighted by molar-refractivity contribution is 0.339. The van der Waals surface area contributed by atoms with E-state index in [9.17, 15) is 0 Å². The lowest BCUT2D eigenvalue weighted by Gasteiger charge is -2.09. The Labute approximate surface area is 109 Å². The van der Waals surface area contributed by atoms with Gasteiger partial charge in [-0.1, -0.05) is 20.3 Å². The molecule has 0 radical (unpaired) electrons. The van der Waals surface area contributed by atoms with Crippen LogP contribution in [0.1, 0.15) is 33.6 Å². The summed E-state index contributed by atoms with van der Waals surface area (Å²) < 4.78 is 5.48. The van der Waals surface area contributed by atoms with Crippen molar-refractivity contribution in [2.45, 2.75) is 38.5 Å². The summed E-state index contributed by atoms with van der Waals surface area (Å²) in [7, 11) is 0. The van der Waals surface area contributed by atoms with Crippen molar-refractivity contribution < 1.29 is 4.74 Å². The van der Waals surface area contributed by atoms with Crippen LogP contribution in [0.15, 0.2) is 23.1 Å². The summed E-state index contributed by atoms with van der Waals surface area (Å²) in [4.78, 5) is 1.14. The Kier molecular flexibility index (Phi) is 6.27. The highest BCUT2D eigenvalue weighted by Crippen LogP contribution is 2.30. The predicted octanol–water partition coefficient (Wildman–Crippen LogP) is 4.20. The first-order valence-corrected chi connectivity index (χ1v) is 7.27. The van der Waals surface area contributed by atoms with E-state index in [1.165, 1.54) is 12.8 Å². The maximum absolute atomic E-state index is 5.95. The van der Waals surface area contributed by atoms with E-state index in [-0.39, 0.29) is 0 Å². The molecular formula is C14H23NOS. The zero-order chi connectivity index (χ0) is 12.7. The second kappa shape index (κ2) is 7.49. The molecule has 96 valence electrons. The molecule has 0 aliphatic carbocycles. The fourth-order valence-electron chi connectivity index (χ4n) is 1.57. The van der Waals surface area contributed by atoms with Crippen LogP contribution in [0, 0.1) is 5.92 Å². The van der Waals surface area contributed by atoms with Crippen LogP contribution in [0.25, 0.3) is 0 Å².